The average molecular weight is 1240 g/mol. The molecule has 5 nitrogen and oxygen atoms in total. The van der Waals surface area contributed by atoms with Crippen LogP contribution in [0.15, 0.2) is 309 Å². The van der Waals surface area contributed by atoms with Gasteiger partial charge in [0.1, 0.15) is 0 Å². The maximum absolute atomic E-state index is 16.4. The second-order valence-corrected chi connectivity index (χ2v) is 31.3. The van der Waals surface area contributed by atoms with Gasteiger partial charge in [-0.2, -0.15) is 0 Å². The zero-order valence-corrected chi connectivity index (χ0v) is 49.9. The minimum absolute atomic E-state index is 0.0327. The molecule has 13 aromatic carbocycles. The SMILES string of the molecule is O=C(CP(OB(Oc1cc(C(F)(F)F)cc(C(F)(F)F)c1)OP(CC(=O)c1ccccc1)(c1ccccc1)(c1ccccc1)c1cc2ccccc2c2ccccc12)(c1ccccc1)(c1ccccc1)c1cc2ccccc2c2ccccc12)c1ccccc1. The Morgan fingerprint density at radius 1 is 0.322 bits per heavy atom. The summed E-state index contributed by atoms with van der Waals surface area (Å²) in [5.41, 5.74) is -2.78. The summed E-state index contributed by atoms with van der Waals surface area (Å²) in [6.45, 7) is -11.3. The fourth-order valence-corrected chi connectivity index (χ4v) is 24.7. The number of ketones is 2. The first-order valence-corrected chi connectivity index (χ1v) is 33.8. The Morgan fingerprint density at radius 3 is 0.922 bits per heavy atom. The van der Waals surface area contributed by atoms with Crippen LogP contribution in [-0.4, -0.2) is 31.2 Å². The van der Waals surface area contributed by atoms with Crippen LogP contribution < -0.4 is 36.5 Å². The van der Waals surface area contributed by atoms with E-state index in [2.05, 4.69) is 0 Å². The van der Waals surface area contributed by atoms with Crippen LogP contribution in [-0.2, 0) is 21.2 Å². The average Bonchev–Trinajstić information content (AvgIpc) is 0.681. The van der Waals surface area contributed by atoms with Crippen LogP contribution >= 0.6 is 13.7 Å². The van der Waals surface area contributed by atoms with E-state index in [0.29, 0.717) is 54.7 Å². The molecule has 0 radical (unpaired) electrons. The van der Waals surface area contributed by atoms with Crippen molar-refractivity contribution in [1.82, 2.24) is 0 Å². The molecule has 90 heavy (non-hydrogen) atoms. The minimum atomic E-state index is -5.65. The summed E-state index contributed by atoms with van der Waals surface area (Å²) in [7, 11) is -2.48. The summed E-state index contributed by atoms with van der Waals surface area (Å²) in [6, 6.07) is 89.3. The van der Waals surface area contributed by atoms with Gasteiger partial charge in [0.2, 0.25) is 0 Å². The van der Waals surface area contributed by atoms with Crippen molar-refractivity contribution in [3.8, 4) is 5.75 Å². The first-order valence-electron chi connectivity index (χ1n) is 29.2. The molecule has 0 atom stereocenters. The van der Waals surface area contributed by atoms with Crippen molar-refractivity contribution in [3.63, 3.8) is 0 Å². The van der Waals surface area contributed by atoms with Crippen molar-refractivity contribution in [1.29, 1.82) is 0 Å². The molecule has 13 rings (SSSR count). The van der Waals surface area contributed by atoms with Gasteiger partial charge < -0.3 is 0 Å². The Labute approximate surface area is 516 Å². The topological polar surface area (TPSA) is 61.8 Å². The second-order valence-electron chi connectivity index (χ2n) is 22.3. The third-order valence-corrected chi connectivity index (χ3v) is 28.6. The molecule has 0 saturated carbocycles. The van der Waals surface area contributed by atoms with E-state index in [1.54, 1.807) is 133 Å². The molecular formula is C76H55BF6O5P2. The Morgan fingerprint density at radius 2 is 0.600 bits per heavy atom. The molecule has 0 aliphatic rings. The van der Waals surface area contributed by atoms with Gasteiger partial charge in [0.25, 0.3) is 0 Å². The molecule has 0 aliphatic heterocycles. The molecular weight excluding hydrogens is 1180 g/mol. The van der Waals surface area contributed by atoms with Crippen LogP contribution in [0.4, 0.5) is 26.3 Å². The van der Waals surface area contributed by atoms with Gasteiger partial charge in [-0.15, -0.1) is 0 Å². The fraction of sp³-hybridized carbons (Fsp3) is 0.0526. The van der Waals surface area contributed by atoms with Crippen LogP contribution in [0.5, 0.6) is 5.75 Å². The van der Waals surface area contributed by atoms with Crippen molar-refractivity contribution in [2.45, 2.75) is 12.4 Å². The molecule has 0 heterocycles. The molecule has 0 bridgehead atoms. The molecule has 0 saturated heterocycles. The van der Waals surface area contributed by atoms with E-state index in [0.717, 1.165) is 32.3 Å². The number of rotatable bonds is 18. The van der Waals surface area contributed by atoms with Gasteiger partial charge >= 0.3 is 519 Å². The molecule has 0 unspecified atom stereocenters. The van der Waals surface area contributed by atoms with Gasteiger partial charge in [-0.1, -0.05) is 0 Å². The normalized spacial score (nSPS) is 13.1. The quantitative estimate of drug-likeness (QED) is 0.0282. The molecule has 444 valence electrons. The monoisotopic (exact) mass is 1230 g/mol. The predicted molar refractivity (Wildman–Crippen MR) is 357 cm³/mol. The number of hydrogen-bond donors (Lipinski definition) is 0. The van der Waals surface area contributed by atoms with Crippen molar-refractivity contribution in [2.75, 3.05) is 12.3 Å². The van der Waals surface area contributed by atoms with E-state index >= 15 is 35.9 Å². The van der Waals surface area contributed by atoms with E-state index in [-0.39, 0.29) is 17.2 Å². The van der Waals surface area contributed by atoms with Gasteiger partial charge in [0.15, 0.2) is 0 Å². The Hall–Kier alpha value is -9.54. The van der Waals surface area contributed by atoms with Crippen LogP contribution in [0.2, 0.25) is 0 Å². The molecule has 0 amide bonds. The van der Waals surface area contributed by atoms with Crippen LogP contribution in [0.25, 0.3) is 43.1 Å². The van der Waals surface area contributed by atoms with Gasteiger partial charge in [-0.3, -0.25) is 0 Å². The summed E-state index contributed by atoms with van der Waals surface area (Å²) in [4.78, 5) is 32.8. The second kappa shape index (κ2) is 23.4. The molecule has 0 aliphatic carbocycles. The number of carbonyl (C=O) groups is 2. The van der Waals surface area contributed by atoms with Crippen molar-refractivity contribution in [2.24, 2.45) is 0 Å². The van der Waals surface area contributed by atoms with Crippen molar-refractivity contribution < 1.29 is 49.5 Å². The zero-order valence-electron chi connectivity index (χ0n) is 48.1. The van der Waals surface area contributed by atoms with Crippen LogP contribution in [0, 0.1) is 0 Å². The van der Waals surface area contributed by atoms with Gasteiger partial charge in [0, 0.05) is 0 Å². The van der Waals surface area contributed by atoms with Crippen LogP contribution in [0.3, 0.4) is 0 Å². The zero-order chi connectivity index (χ0) is 62.2. The summed E-state index contributed by atoms with van der Waals surface area (Å²) in [5.74, 6) is -1.80. The maximum atomic E-state index is 16.4. The molecule has 0 fully saturated rings. The third kappa shape index (κ3) is 10.2. The number of hydrogen-bond acceptors (Lipinski definition) is 5. The standard InChI is InChI=1S/C76H55BF6O5P2/c78-75(79,80)58-49-59(76(81,82)83)51-60(50-58)86-77(87-89(61-33-11-3-12-34-61,62-35-13-4-14-36-62,52-71(84)54-27-7-1-8-28-54)73-47-56-31-19-21-41-65(56)67-43-23-25-45-69(67)73)88-90(63-37-15-5-16-38-63,64-39-17-6-18-40-64,53-72(85)55-29-9-2-10-30-55)74-48-57-32-20-22-42-66(57)68-44-24-26-46-70(68)74/h1-51H,52-53H2. The predicted octanol–water partition coefficient (Wildman–Crippen LogP) is 17.4. The van der Waals surface area contributed by atoms with Crippen molar-refractivity contribution >= 4 is 107 Å². The van der Waals surface area contributed by atoms with E-state index in [1.807, 2.05) is 158 Å². The van der Waals surface area contributed by atoms with E-state index in [4.69, 9.17) is 13.5 Å². The number of alkyl halides is 6. The Balaban J connectivity index is 1.27. The molecule has 0 N–H and O–H groups in total. The van der Waals surface area contributed by atoms with Crippen molar-refractivity contribution in [3.05, 3.63) is 332 Å². The first kappa shape index (κ1) is 59.4. The number of Topliss-reactive ketones (excluding diaryl/α,β-unsaturated/α-hetero) is 2. The summed E-state index contributed by atoms with van der Waals surface area (Å²) in [6.07, 6.45) is -11.7. The number of fused-ring (bicyclic) bond motifs is 6. The molecule has 0 spiro atoms. The first-order chi connectivity index (χ1) is 43.6. The van der Waals surface area contributed by atoms with Crippen LogP contribution in [0.1, 0.15) is 31.8 Å². The number of halogens is 6. The number of carbonyl (C=O) groups excluding carboxylic acids is 2. The van der Waals surface area contributed by atoms with Gasteiger partial charge in [-0.05, 0) is 0 Å². The third-order valence-electron chi connectivity index (χ3n) is 17.2. The van der Waals surface area contributed by atoms with E-state index < -0.39 is 74.1 Å². The van der Waals surface area contributed by atoms with Gasteiger partial charge in [0.05, 0.1) is 0 Å². The Bertz CT molecular complexity index is 4430. The summed E-state index contributed by atoms with van der Waals surface area (Å²) >= 11 is 0. The van der Waals surface area contributed by atoms with Gasteiger partial charge in [-0.25, -0.2) is 0 Å². The number of benzene rings is 13. The fourth-order valence-electron chi connectivity index (χ4n) is 13.2. The molecule has 13 aromatic rings. The summed E-state index contributed by atoms with van der Waals surface area (Å²) < 4.78 is 117. The summed E-state index contributed by atoms with van der Waals surface area (Å²) in [5, 5.41) is 8.48. The Kier molecular flexibility index (Phi) is 15.5. The molecule has 14 heteroatoms. The van der Waals surface area contributed by atoms with E-state index in [9.17, 15) is 0 Å². The molecule has 0 aromatic heterocycles. The van der Waals surface area contributed by atoms with E-state index in [1.165, 1.54) is 0 Å².